The van der Waals surface area contributed by atoms with Crippen LogP contribution < -0.4 is 0 Å². The SMILES string of the molecule is O=C(O[C@@H]1CO[C@@H](c2ccccc2)O[C@H]1c1ccn(C(=O)c2ccccc2)n1)c1ccccc1. The third-order valence-corrected chi connectivity index (χ3v) is 5.49. The number of benzene rings is 3. The predicted molar refractivity (Wildman–Crippen MR) is 123 cm³/mol. The molecule has 0 radical (unpaired) electrons. The first-order chi connectivity index (χ1) is 16.7. The standard InChI is InChI=1S/C27H22N2O5/c30-25(19-10-4-1-5-11-19)29-17-16-22(28-29)24-23(33-26(31)20-12-6-2-7-13-20)18-32-27(34-24)21-14-8-3-9-15-21/h1-17,23-24,27H,18H2/t23-,24+,27-/m1/s1. The maximum atomic E-state index is 12.8. The van der Waals surface area contributed by atoms with Crippen molar-refractivity contribution in [3.8, 4) is 0 Å². The molecule has 3 aromatic carbocycles. The molecule has 0 aliphatic carbocycles. The summed E-state index contributed by atoms with van der Waals surface area (Å²) in [6.45, 7) is 0.113. The van der Waals surface area contributed by atoms with Crippen molar-refractivity contribution in [2.75, 3.05) is 6.61 Å². The van der Waals surface area contributed by atoms with E-state index in [-0.39, 0.29) is 12.5 Å². The number of carbonyl (C=O) groups excluding carboxylic acids is 2. The molecule has 1 saturated heterocycles. The number of esters is 1. The van der Waals surface area contributed by atoms with Crippen LogP contribution in [0, 0.1) is 0 Å². The maximum absolute atomic E-state index is 12.8. The van der Waals surface area contributed by atoms with Gasteiger partial charge in [-0.25, -0.2) is 9.48 Å². The minimum atomic E-state index is -0.747. The molecule has 34 heavy (non-hydrogen) atoms. The van der Waals surface area contributed by atoms with Gasteiger partial charge in [-0.2, -0.15) is 5.10 Å². The van der Waals surface area contributed by atoms with Crippen molar-refractivity contribution < 1.29 is 23.8 Å². The van der Waals surface area contributed by atoms with Crippen LogP contribution in [0.5, 0.6) is 0 Å². The molecule has 5 rings (SSSR count). The van der Waals surface area contributed by atoms with E-state index in [1.54, 1.807) is 60.8 Å². The second-order valence-corrected chi connectivity index (χ2v) is 7.80. The topological polar surface area (TPSA) is 79.7 Å². The monoisotopic (exact) mass is 454 g/mol. The van der Waals surface area contributed by atoms with Crippen LogP contribution in [0.1, 0.15) is 44.4 Å². The van der Waals surface area contributed by atoms with E-state index in [1.165, 1.54) is 4.68 Å². The second-order valence-electron chi connectivity index (χ2n) is 7.80. The van der Waals surface area contributed by atoms with Crippen LogP contribution in [0.2, 0.25) is 0 Å². The molecule has 4 aromatic rings. The maximum Gasteiger partial charge on any atom is 0.338 e. The lowest BCUT2D eigenvalue weighted by Gasteiger charge is -2.35. The number of rotatable bonds is 5. The lowest BCUT2D eigenvalue weighted by Crippen LogP contribution is -2.38. The van der Waals surface area contributed by atoms with Gasteiger partial charge < -0.3 is 14.2 Å². The Morgan fingerprint density at radius 2 is 1.44 bits per heavy atom. The molecule has 3 atom stereocenters. The summed E-state index contributed by atoms with van der Waals surface area (Å²) in [4.78, 5) is 25.5. The Hall–Kier alpha value is -4.07. The average Bonchev–Trinajstić information content (AvgIpc) is 3.40. The summed E-state index contributed by atoms with van der Waals surface area (Å²) in [6.07, 6.45) is -0.552. The molecule has 7 heteroatoms. The molecule has 1 aliphatic rings. The second kappa shape index (κ2) is 9.82. The van der Waals surface area contributed by atoms with Gasteiger partial charge in [-0.3, -0.25) is 4.79 Å². The van der Waals surface area contributed by atoms with Gasteiger partial charge in [0.2, 0.25) is 0 Å². The largest absolute Gasteiger partial charge is 0.453 e. The lowest BCUT2D eigenvalue weighted by molar-refractivity contribution is -0.260. The van der Waals surface area contributed by atoms with Gasteiger partial charge in [0.05, 0.1) is 17.9 Å². The Labute approximate surface area is 196 Å². The molecule has 1 aromatic heterocycles. The van der Waals surface area contributed by atoms with Gasteiger partial charge >= 0.3 is 5.97 Å². The van der Waals surface area contributed by atoms with E-state index in [2.05, 4.69) is 5.10 Å². The van der Waals surface area contributed by atoms with Crippen LogP contribution in [0.4, 0.5) is 0 Å². The van der Waals surface area contributed by atoms with Crippen molar-refractivity contribution in [3.05, 3.63) is 126 Å². The van der Waals surface area contributed by atoms with E-state index in [9.17, 15) is 9.59 Å². The van der Waals surface area contributed by atoms with Crippen LogP contribution in [0.3, 0.4) is 0 Å². The van der Waals surface area contributed by atoms with Gasteiger partial charge in [-0.1, -0.05) is 66.7 Å². The predicted octanol–water partition coefficient (Wildman–Crippen LogP) is 4.58. The number of carbonyl (C=O) groups is 2. The minimum absolute atomic E-state index is 0.113. The van der Waals surface area contributed by atoms with E-state index < -0.39 is 24.5 Å². The first-order valence-corrected chi connectivity index (χ1v) is 10.9. The number of ether oxygens (including phenoxy) is 3. The molecule has 0 N–H and O–H groups in total. The van der Waals surface area contributed by atoms with Gasteiger partial charge in [-0.15, -0.1) is 0 Å². The Bertz CT molecular complexity index is 1260. The van der Waals surface area contributed by atoms with Gasteiger partial charge in [0.15, 0.2) is 12.4 Å². The van der Waals surface area contributed by atoms with Crippen LogP contribution in [0.25, 0.3) is 0 Å². The molecule has 1 fully saturated rings. The highest BCUT2D eigenvalue weighted by Gasteiger charge is 2.38. The Morgan fingerprint density at radius 1 is 0.824 bits per heavy atom. The Balaban J connectivity index is 1.41. The average molecular weight is 454 g/mol. The van der Waals surface area contributed by atoms with Crippen LogP contribution in [0.15, 0.2) is 103 Å². The van der Waals surface area contributed by atoms with Crippen molar-refractivity contribution in [1.82, 2.24) is 9.78 Å². The van der Waals surface area contributed by atoms with E-state index >= 15 is 0 Å². The van der Waals surface area contributed by atoms with Gasteiger partial charge in [-0.05, 0) is 30.3 Å². The fraction of sp³-hybridized carbons (Fsp3) is 0.148. The fourth-order valence-corrected chi connectivity index (χ4v) is 3.77. The summed E-state index contributed by atoms with van der Waals surface area (Å²) in [7, 11) is 0. The first kappa shape index (κ1) is 21.8. The highest BCUT2D eigenvalue weighted by Crippen LogP contribution is 2.36. The molecule has 0 spiro atoms. The van der Waals surface area contributed by atoms with Crippen molar-refractivity contribution in [2.45, 2.75) is 18.5 Å². The van der Waals surface area contributed by atoms with Crippen LogP contribution >= 0.6 is 0 Å². The van der Waals surface area contributed by atoms with Crippen molar-refractivity contribution in [2.24, 2.45) is 0 Å². The molecular weight excluding hydrogens is 432 g/mol. The van der Waals surface area contributed by atoms with E-state index in [1.807, 2.05) is 42.5 Å². The third-order valence-electron chi connectivity index (χ3n) is 5.49. The number of hydrogen-bond acceptors (Lipinski definition) is 6. The molecule has 170 valence electrons. The molecule has 2 heterocycles. The molecule has 0 bridgehead atoms. The van der Waals surface area contributed by atoms with Crippen LogP contribution in [-0.2, 0) is 14.2 Å². The third kappa shape index (κ3) is 4.66. The minimum Gasteiger partial charge on any atom is -0.453 e. The summed E-state index contributed by atoms with van der Waals surface area (Å²) >= 11 is 0. The van der Waals surface area contributed by atoms with Crippen molar-refractivity contribution >= 4 is 11.9 Å². The normalized spacial score (nSPS) is 19.9. The van der Waals surface area contributed by atoms with Gasteiger partial charge in [0.1, 0.15) is 6.10 Å². The summed E-state index contributed by atoms with van der Waals surface area (Å²) in [5, 5.41) is 4.46. The summed E-state index contributed by atoms with van der Waals surface area (Å²) in [5.41, 5.74) is 2.25. The quantitative estimate of drug-likeness (QED) is 0.411. The summed E-state index contributed by atoms with van der Waals surface area (Å²) < 4.78 is 19.1. The molecule has 1 aliphatic heterocycles. The number of aromatic nitrogens is 2. The van der Waals surface area contributed by atoms with E-state index in [4.69, 9.17) is 14.2 Å². The zero-order valence-corrected chi connectivity index (χ0v) is 18.2. The fourth-order valence-electron chi connectivity index (χ4n) is 3.77. The highest BCUT2D eigenvalue weighted by molar-refractivity contribution is 5.95. The molecule has 0 saturated carbocycles. The molecule has 0 unspecified atom stereocenters. The molecular formula is C27H22N2O5. The molecule has 0 amide bonds. The van der Waals surface area contributed by atoms with Gasteiger partial charge in [0, 0.05) is 17.3 Å². The summed E-state index contributed by atoms with van der Waals surface area (Å²) in [5.74, 6) is -0.753. The first-order valence-electron chi connectivity index (χ1n) is 10.9. The zero-order valence-electron chi connectivity index (χ0n) is 18.2. The van der Waals surface area contributed by atoms with E-state index in [0.29, 0.717) is 16.8 Å². The Kier molecular flexibility index (Phi) is 6.29. The number of nitrogens with zero attached hydrogens (tertiary/aromatic N) is 2. The van der Waals surface area contributed by atoms with Gasteiger partial charge in [0.25, 0.3) is 5.91 Å². The van der Waals surface area contributed by atoms with Crippen molar-refractivity contribution in [3.63, 3.8) is 0 Å². The lowest BCUT2D eigenvalue weighted by atomic mass is 10.1. The zero-order chi connectivity index (χ0) is 23.3. The van der Waals surface area contributed by atoms with E-state index in [0.717, 1.165) is 5.56 Å². The van der Waals surface area contributed by atoms with Crippen molar-refractivity contribution in [1.29, 1.82) is 0 Å². The summed E-state index contributed by atoms with van der Waals surface area (Å²) in [6, 6.07) is 28.8. The Morgan fingerprint density at radius 3 is 2.12 bits per heavy atom. The molecule has 7 nitrogen and oxygen atoms in total. The highest BCUT2D eigenvalue weighted by atomic mass is 16.7. The van der Waals surface area contributed by atoms with Crippen LogP contribution in [-0.4, -0.2) is 34.4 Å². The number of hydrogen-bond donors (Lipinski definition) is 0. The smallest absolute Gasteiger partial charge is 0.338 e.